The average molecular weight is 497 g/mol. The van der Waals surface area contributed by atoms with Gasteiger partial charge in [0.1, 0.15) is 16.5 Å². The van der Waals surface area contributed by atoms with E-state index in [4.69, 9.17) is 21.6 Å². The summed E-state index contributed by atoms with van der Waals surface area (Å²) in [7, 11) is -3.13. The minimum absolute atomic E-state index is 0.187. The highest BCUT2D eigenvalue weighted by atomic mass is 35.5. The van der Waals surface area contributed by atoms with Crippen LogP contribution in [0.2, 0.25) is 5.02 Å². The molecule has 0 saturated carbocycles. The maximum Gasteiger partial charge on any atom is 0.211 e. The Morgan fingerprint density at radius 1 is 1.19 bits per heavy atom. The number of benzene rings is 1. The van der Waals surface area contributed by atoms with Crippen molar-refractivity contribution in [3.05, 3.63) is 45.6 Å². The van der Waals surface area contributed by atoms with Crippen molar-refractivity contribution < 1.29 is 8.42 Å². The Morgan fingerprint density at radius 3 is 2.52 bits per heavy atom. The molecule has 1 aromatic carbocycles. The molecule has 0 aliphatic carbocycles. The van der Waals surface area contributed by atoms with Gasteiger partial charge >= 0.3 is 0 Å². The van der Waals surface area contributed by atoms with Crippen molar-refractivity contribution in [2.24, 2.45) is 0 Å². The van der Waals surface area contributed by atoms with Crippen LogP contribution in [0.3, 0.4) is 0 Å². The summed E-state index contributed by atoms with van der Waals surface area (Å²) < 4.78 is 25.2. The fourth-order valence-corrected chi connectivity index (χ4v) is 6.47. The monoisotopic (exact) mass is 496 g/mol. The molecule has 0 spiro atoms. The van der Waals surface area contributed by atoms with Gasteiger partial charge in [0.05, 0.1) is 17.4 Å². The fraction of sp³-hybridized carbons (Fsp3) is 0.429. The molecule has 0 amide bonds. The number of fused-ring (bicyclic) bond motifs is 1. The predicted octanol–water partition coefficient (Wildman–Crippen LogP) is 5.09. The zero-order valence-corrected chi connectivity index (χ0v) is 20.9. The number of sulfonamides is 1. The number of thioether (sulfide) groups is 1. The lowest BCUT2D eigenvalue weighted by atomic mass is 10.1. The van der Waals surface area contributed by atoms with Gasteiger partial charge in [0.2, 0.25) is 10.0 Å². The molecule has 0 atom stereocenters. The minimum atomic E-state index is -3.13. The number of aryl methyl sites for hydroxylation is 2. The maximum atomic E-state index is 11.8. The third-order valence-corrected chi connectivity index (χ3v) is 9.18. The van der Waals surface area contributed by atoms with Crippen molar-refractivity contribution in [3.8, 4) is 0 Å². The highest BCUT2D eigenvalue weighted by molar-refractivity contribution is 7.98. The van der Waals surface area contributed by atoms with E-state index < -0.39 is 10.0 Å². The van der Waals surface area contributed by atoms with Crippen LogP contribution in [0.4, 0.5) is 5.82 Å². The van der Waals surface area contributed by atoms with Crippen LogP contribution in [0.15, 0.2) is 29.2 Å². The summed E-state index contributed by atoms with van der Waals surface area (Å²) in [6.45, 7) is 5.28. The Balaban J connectivity index is 1.55. The van der Waals surface area contributed by atoms with Crippen LogP contribution >= 0.6 is 34.7 Å². The highest BCUT2D eigenvalue weighted by Crippen LogP contribution is 2.35. The Bertz CT molecular complexity index is 1190. The molecule has 31 heavy (non-hydrogen) atoms. The first kappa shape index (κ1) is 22.8. The largest absolute Gasteiger partial charge is 0.367 e. The van der Waals surface area contributed by atoms with Crippen LogP contribution < -0.4 is 5.32 Å². The number of hydrogen-bond acceptors (Lipinski definition) is 7. The number of anilines is 1. The normalized spacial score (nSPS) is 16.1. The second kappa shape index (κ2) is 9.23. The van der Waals surface area contributed by atoms with Crippen molar-refractivity contribution in [2.45, 2.75) is 43.4 Å². The third kappa shape index (κ3) is 5.34. The Morgan fingerprint density at radius 2 is 1.87 bits per heavy atom. The number of nitrogens with one attached hydrogen (secondary N) is 1. The smallest absolute Gasteiger partial charge is 0.211 e. The quantitative estimate of drug-likeness (QED) is 0.479. The molecule has 2 aromatic heterocycles. The SMILES string of the molecule is Cc1sc2nc(CSc3ccc(Cl)cc3)nc(NC3CCN(S(C)(=O)=O)CC3)c2c1C. The lowest BCUT2D eigenvalue weighted by Crippen LogP contribution is -2.42. The van der Waals surface area contributed by atoms with Crippen LogP contribution in [-0.2, 0) is 15.8 Å². The molecule has 166 valence electrons. The van der Waals surface area contributed by atoms with E-state index in [-0.39, 0.29) is 6.04 Å². The van der Waals surface area contributed by atoms with Gasteiger partial charge in [0.15, 0.2) is 0 Å². The minimum Gasteiger partial charge on any atom is -0.367 e. The van der Waals surface area contributed by atoms with Gasteiger partial charge in [-0.3, -0.25) is 0 Å². The molecule has 3 heterocycles. The van der Waals surface area contributed by atoms with Crippen LogP contribution in [0, 0.1) is 13.8 Å². The van der Waals surface area contributed by atoms with Crippen molar-refractivity contribution >= 4 is 60.8 Å². The summed E-state index contributed by atoms with van der Waals surface area (Å²) in [6.07, 6.45) is 2.79. The first-order valence-corrected chi connectivity index (χ1v) is 14.1. The molecule has 3 aromatic rings. The van der Waals surface area contributed by atoms with Gasteiger partial charge < -0.3 is 5.32 Å². The average Bonchev–Trinajstić information content (AvgIpc) is 3.01. The maximum absolute atomic E-state index is 11.8. The molecule has 10 heteroatoms. The summed E-state index contributed by atoms with van der Waals surface area (Å²) in [6, 6.07) is 7.96. The lowest BCUT2D eigenvalue weighted by Gasteiger charge is -2.31. The molecule has 0 unspecified atom stereocenters. The van der Waals surface area contributed by atoms with E-state index in [1.54, 1.807) is 27.4 Å². The van der Waals surface area contributed by atoms with Gasteiger partial charge in [-0.15, -0.1) is 23.1 Å². The molecular weight excluding hydrogens is 472 g/mol. The van der Waals surface area contributed by atoms with Crippen LogP contribution in [0.5, 0.6) is 0 Å². The molecule has 4 rings (SSSR count). The van der Waals surface area contributed by atoms with Crippen molar-refractivity contribution in [1.29, 1.82) is 0 Å². The number of thiophene rings is 1. The van der Waals surface area contributed by atoms with Gasteiger partial charge in [-0.05, 0) is 56.5 Å². The number of nitrogens with zero attached hydrogens (tertiary/aromatic N) is 3. The first-order chi connectivity index (χ1) is 14.7. The van der Waals surface area contributed by atoms with E-state index in [1.165, 1.54) is 16.7 Å². The highest BCUT2D eigenvalue weighted by Gasteiger charge is 2.26. The lowest BCUT2D eigenvalue weighted by molar-refractivity contribution is 0.331. The van der Waals surface area contributed by atoms with E-state index in [9.17, 15) is 8.42 Å². The number of piperidine rings is 1. The number of aromatic nitrogens is 2. The van der Waals surface area contributed by atoms with E-state index in [1.807, 2.05) is 24.3 Å². The molecule has 1 N–H and O–H groups in total. The molecule has 0 radical (unpaired) electrons. The van der Waals surface area contributed by atoms with E-state index in [2.05, 4.69) is 19.2 Å². The number of halogens is 1. The summed E-state index contributed by atoms with van der Waals surface area (Å²) >= 11 is 9.35. The van der Waals surface area contributed by atoms with Crippen molar-refractivity contribution in [3.63, 3.8) is 0 Å². The Kier molecular flexibility index (Phi) is 6.79. The van der Waals surface area contributed by atoms with Crippen molar-refractivity contribution in [2.75, 3.05) is 24.7 Å². The molecule has 0 bridgehead atoms. The predicted molar refractivity (Wildman–Crippen MR) is 131 cm³/mol. The van der Waals surface area contributed by atoms with Crippen LogP contribution in [0.25, 0.3) is 10.2 Å². The van der Waals surface area contributed by atoms with Crippen LogP contribution in [-0.4, -0.2) is 48.1 Å². The number of hydrogen-bond donors (Lipinski definition) is 1. The second-order valence-corrected chi connectivity index (χ2v) is 12.4. The van der Waals surface area contributed by atoms with Gasteiger partial charge in [-0.1, -0.05) is 11.6 Å². The van der Waals surface area contributed by atoms with Gasteiger partial charge in [0, 0.05) is 33.9 Å². The molecule has 1 aliphatic heterocycles. The zero-order chi connectivity index (χ0) is 22.2. The first-order valence-electron chi connectivity index (χ1n) is 10.1. The molecule has 6 nitrogen and oxygen atoms in total. The van der Waals surface area contributed by atoms with Gasteiger partial charge in [0.25, 0.3) is 0 Å². The van der Waals surface area contributed by atoms with Gasteiger partial charge in [-0.2, -0.15) is 0 Å². The summed E-state index contributed by atoms with van der Waals surface area (Å²) in [5.74, 6) is 2.30. The summed E-state index contributed by atoms with van der Waals surface area (Å²) in [5, 5.41) is 5.40. The van der Waals surface area contributed by atoms with E-state index in [0.29, 0.717) is 18.8 Å². The molecule has 1 aliphatic rings. The Labute approximate surface area is 196 Å². The number of rotatable bonds is 6. The van der Waals surface area contributed by atoms with E-state index in [0.717, 1.165) is 44.6 Å². The zero-order valence-electron chi connectivity index (χ0n) is 17.7. The van der Waals surface area contributed by atoms with E-state index >= 15 is 0 Å². The van der Waals surface area contributed by atoms with Crippen LogP contribution in [0.1, 0.15) is 29.1 Å². The second-order valence-electron chi connectivity index (χ2n) is 7.78. The topological polar surface area (TPSA) is 75.2 Å². The molecular formula is C21H25ClN4O2S3. The van der Waals surface area contributed by atoms with Crippen molar-refractivity contribution in [1.82, 2.24) is 14.3 Å². The standard InChI is InChI=1S/C21H25ClN4O2S3/c1-13-14(2)30-21-19(13)20(23-16-8-10-26(11-9-16)31(3,27)28)24-18(25-21)12-29-17-6-4-15(22)5-7-17/h4-7,16H,8-12H2,1-3H3,(H,23,24,25). The van der Waals surface area contributed by atoms with Gasteiger partial charge in [-0.25, -0.2) is 22.7 Å². The fourth-order valence-electron chi connectivity index (χ4n) is 3.67. The summed E-state index contributed by atoms with van der Waals surface area (Å²) in [5.41, 5.74) is 1.20. The molecule has 1 fully saturated rings. The summed E-state index contributed by atoms with van der Waals surface area (Å²) in [4.78, 5) is 13.0. The third-order valence-electron chi connectivity index (χ3n) is 5.52. The Hall–Kier alpha value is -1.39. The molecule has 1 saturated heterocycles.